The fourth-order valence-corrected chi connectivity index (χ4v) is 2.25. The SMILES string of the molecule is CN(CCC(=O)O)S(=O)(=O)Nc1ccc([N+](=O)[O-])cc1O. The summed E-state index contributed by atoms with van der Waals surface area (Å²) in [6, 6.07) is 2.86. The molecule has 3 N–H and O–H groups in total. The molecule has 0 aliphatic heterocycles. The van der Waals surface area contributed by atoms with Gasteiger partial charge in [-0.2, -0.15) is 12.7 Å². The second-order valence-electron chi connectivity index (χ2n) is 4.03. The van der Waals surface area contributed by atoms with Crippen LogP contribution in [0, 0.1) is 10.1 Å². The lowest BCUT2D eigenvalue weighted by Gasteiger charge is -2.17. The molecule has 0 aliphatic rings. The minimum absolute atomic E-state index is 0.247. The average molecular weight is 319 g/mol. The van der Waals surface area contributed by atoms with Gasteiger partial charge in [0.15, 0.2) is 0 Å². The lowest BCUT2D eigenvalue weighted by molar-refractivity contribution is -0.384. The Hall–Kier alpha value is -2.40. The molecule has 0 aliphatic carbocycles. The second kappa shape index (κ2) is 6.37. The van der Waals surface area contributed by atoms with E-state index >= 15 is 0 Å². The van der Waals surface area contributed by atoms with E-state index in [9.17, 15) is 28.4 Å². The van der Waals surface area contributed by atoms with Gasteiger partial charge in [-0.25, -0.2) is 0 Å². The first kappa shape index (κ1) is 16.7. The smallest absolute Gasteiger partial charge is 0.304 e. The molecule has 0 aromatic heterocycles. The van der Waals surface area contributed by atoms with Gasteiger partial charge in [-0.15, -0.1) is 0 Å². The maximum absolute atomic E-state index is 11.9. The van der Waals surface area contributed by atoms with Crippen molar-refractivity contribution in [3.05, 3.63) is 28.3 Å². The summed E-state index contributed by atoms with van der Waals surface area (Å²) < 4.78 is 26.5. The van der Waals surface area contributed by atoms with Crippen LogP contribution in [0.2, 0.25) is 0 Å². The molecule has 0 amide bonds. The molecule has 11 heteroatoms. The highest BCUT2D eigenvalue weighted by atomic mass is 32.2. The van der Waals surface area contributed by atoms with Gasteiger partial charge in [0.25, 0.3) is 5.69 Å². The Labute approximate surface area is 119 Å². The lowest BCUT2D eigenvalue weighted by Crippen LogP contribution is -2.34. The van der Waals surface area contributed by atoms with E-state index in [1.807, 2.05) is 4.72 Å². The van der Waals surface area contributed by atoms with Gasteiger partial charge in [0, 0.05) is 19.7 Å². The van der Waals surface area contributed by atoms with E-state index in [0.29, 0.717) is 0 Å². The zero-order chi connectivity index (χ0) is 16.2. The summed E-state index contributed by atoms with van der Waals surface area (Å²) >= 11 is 0. The maximum Gasteiger partial charge on any atom is 0.304 e. The van der Waals surface area contributed by atoms with Gasteiger partial charge in [0.1, 0.15) is 5.75 Å². The lowest BCUT2D eigenvalue weighted by atomic mass is 10.3. The Morgan fingerprint density at radius 1 is 1.48 bits per heavy atom. The van der Waals surface area contributed by atoms with Crippen LogP contribution in [0.5, 0.6) is 5.75 Å². The van der Waals surface area contributed by atoms with Crippen molar-refractivity contribution in [2.24, 2.45) is 0 Å². The number of nitrogens with one attached hydrogen (secondary N) is 1. The van der Waals surface area contributed by atoms with Crippen LogP contribution in [0.15, 0.2) is 18.2 Å². The number of aliphatic carboxylic acids is 1. The number of hydrogen-bond donors (Lipinski definition) is 3. The zero-order valence-corrected chi connectivity index (χ0v) is 11.7. The Bertz CT molecular complexity index is 659. The van der Waals surface area contributed by atoms with Gasteiger partial charge in [0.05, 0.1) is 23.1 Å². The Balaban J connectivity index is 2.89. The zero-order valence-electron chi connectivity index (χ0n) is 10.9. The van der Waals surface area contributed by atoms with Gasteiger partial charge in [-0.1, -0.05) is 0 Å². The number of nitro groups is 1. The number of phenolic OH excluding ortho intramolecular Hbond substituents is 1. The molecule has 21 heavy (non-hydrogen) atoms. The van der Waals surface area contributed by atoms with Crippen molar-refractivity contribution < 1.29 is 28.3 Å². The molecule has 0 saturated heterocycles. The minimum atomic E-state index is -4.07. The van der Waals surface area contributed by atoms with E-state index in [1.54, 1.807) is 0 Å². The summed E-state index contributed by atoms with van der Waals surface area (Å²) in [5, 5.41) is 28.6. The molecule has 0 saturated carbocycles. The number of hydrogen-bond acceptors (Lipinski definition) is 6. The van der Waals surface area contributed by atoms with E-state index in [4.69, 9.17) is 5.11 Å². The van der Waals surface area contributed by atoms with Crippen LogP contribution in [0.25, 0.3) is 0 Å². The molecule has 10 nitrogen and oxygen atoms in total. The van der Waals surface area contributed by atoms with Crippen molar-refractivity contribution in [3.63, 3.8) is 0 Å². The summed E-state index contributed by atoms with van der Waals surface area (Å²) in [4.78, 5) is 20.2. The van der Waals surface area contributed by atoms with Gasteiger partial charge >= 0.3 is 16.2 Å². The number of rotatable bonds is 7. The number of phenols is 1. The van der Waals surface area contributed by atoms with Crippen LogP contribution in [0.3, 0.4) is 0 Å². The largest absolute Gasteiger partial charge is 0.505 e. The van der Waals surface area contributed by atoms with Crippen molar-refractivity contribution in [2.45, 2.75) is 6.42 Å². The van der Waals surface area contributed by atoms with E-state index < -0.39 is 32.5 Å². The number of nitrogens with zero attached hydrogens (tertiary/aromatic N) is 2. The van der Waals surface area contributed by atoms with E-state index in [2.05, 4.69) is 0 Å². The number of carbonyl (C=O) groups is 1. The molecule has 0 radical (unpaired) electrons. The normalized spacial score (nSPS) is 11.3. The summed E-state index contributed by atoms with van der Waals surface area (Å²) in [5.41, 5.74) is -0.641. The molecule has 0 heterocycles. The second-order valence-corrected chi connectivity index (χ2v) is 5.81. The number of aromatic hydroxyl groups is 1. The molecular weight excluding hydrogens is 306 g/mol. The standard InChI is InChI=1S/C10H13N3O7S/c1-12(5-4-10(15)16)21(19,20)11-8-3-2-7(13(17)18)6-9(8)14/h2-3,6,11,14H,4-5H2,1H3,(H,15,16). The van der Waals surface area contributed by atoms with Crippen molar-refractivity contribution in [3.8, 4) is 5.75 Å². The highest BCUT2D eigenvalue weighted by molar-refractivity contribution is 7.90. The highest BCUT2D eigenvalue weighted by Crippen LogP contribution is 2.28. The molecule has 1 aromatic carbocycles. The predicted molar refractivity (Wildman–Crippen MR) is 72.2 cm³/mol. The molecule has 0 atom stereocenters. The topological polar surface area (TPSA) is 150 Å². The third-order valence-corrected chi connectivity index (χ3v) is 3.96. The summed E-state index contributed by atoms with van der Waals surface area (Å²) in [5.74, 6) is -1.77. The number of benzene rings is 1. The summed E-state index contributed by atoms with van der Waals surface area (Å²) in [6.07, 6.45) is -0.385. The van der Waals surface area contributed by atoms with Crippen molar-refractivity contribution in [1.29, 1.82) is 0 Å². The molecule has 1 aromatic rings. The molecule has 0 spiro atoms. The first-order valence-electron chi connectivity index (χ1n) is 5.57. The van der Waals surface area contributed by atoms with Gasteiger partial charge < -0.3 is 10.2 Å². The Morgan fingerprint density at radius 3 is 2.57 bits per heavy atom. The fraction of sp³-hybridized carbons (Fsp3) is 0.300. The fourth-order valence-electron chi connectivity index (χ4n) is 1.31. The van der Waals surface area contributed by atoms with Gasteiger partial charge in [-0.3, -0.25) is 19.6 Å². The quantitative estimate of drug-likeness (QED) is 0.373. The molecule has 0 fully saturated rings. The summed E-state index contributed by atoms with van der Waals surface area (Å²) in [6.45, 7) is -0.265. The van der Waals surface area contributed by atoms with Crippen LogP contribution in [-0.4, -0.2) is 47.4 Å². The first-order valence-corrected chi connectivity index (χ1v) is 7.01. The number of carboxylic acids is 1. The number of carboxylic acid groups (broad SMARTS) is 1. The third kappa shape index (κ3) is 4.57. The molecule has 1 rings (SSSR count). The molecule has 0 bridgehead atoms. The monoisotopic (exact) mass is 319 g/mol. The van der Waals surface area contributed by atoms with E-state index in [0.717, 1.165) is 29.6 Å². The number of non-ortho nitro benzene ring substituents is 1. The van der Waals surface area contributed by atoms with Crippen molar-refractivity contribution in [1.82, 2.24) is 4.31 Å². The first-order chi connectivity index (χ1) is 9.63. The molecule has 0 unspecified atom stereocenters. The number of anilines is 1. The van der Waals surface area contributed by atoms with Crippen LogP contribution < -0.4 is 4.72 Å². The van der Waals surface area contributed by atoms with Crippen molar-refractivity contribution >= 4 is 27.6 Å². The average Bonchev–Trinajstić information content (AvgIpc) is 2.37. The highest BCUT2D eigenvalue weighted by Gasteiger charge is 2.20. The minimum Gasteiger partial charge on any atom is -0.505 e. The molecular formula is C10H13N3O7S. The predicted octanol–water partition coefficient (Wildman–Crippen LogP) is 0.364. The van der Waals surface area contributed by atoms with Crippen molar-refractivity contribution in [2.75, 3.05) is 18.3 Å². The Kier molecular flexibility index (Phi) is 5.05. The van der Waals surface area contributed by atoms with Crippen LogP contribution in [-0.2, 0) is 15.0 Å². The van der Waals surface area contributed by atoms with Crippen LogP contribution in [0.4, 0.5) is 11.4 Å². The van der Waals surface area contributed by atoms with E-state index in [-0.39, 0.29) is 18.7 Å². The van der Waals surface area contributed by atoms with Gasteiger partial charge in [0.2, 0.25) is 0 Å². The Morgan fingerprint density at radius 2 is 2.10 bits per heavy atom. The van der Waals surface area contributed by atoms with Gasteiger partial charge in [-0.05, 0) is 6.07 Å². The number of nitro benzene ring substituents is 1. The maximum atomic E-state index is 11.9. The van der Waals surface area contributed by atoms with E-state index in [1.165, 1.54) is 0 Å². The van der Waals surface area contributed by atoms with Crippen LogP contribution >= 0.6 is 0 Å². The molecule has 116 valence electrons. The van der Waals surface area contributed by atoms with Crippen LogP contribution in [0.1, 0.15) is 6.42 Å². The third-order valence-electron chi connectivity index (χ3n) is 2.48. The summed E-state index contributed by atoms with van der Waals surface area (Å²) in [7, 11) is -2.91.